The molecule has 1 aliphatic rings. The van der Waals surface area contributed by atoms with Crippen LogP contribution < -0.4 is 0 Å². The fraction of sp³-hybridized carbons (Fsp3) is 0.667. The van der Waals surface area contributed by atoms with Crippen molar-refractivity contribution < 1.29 is 19.1 Å². The number of hydrogen-bond acceptors (Lipinski definition) is 4. The van der Waals surface area contributed by atoms with Gasteiger partial charge in [-0.25, -0.2) is 9.59 Å². The van der Waals surface area contributed by atoms with Crippen LogP contribution in [0.5, 0.6) is 0 Å². The summed E-state index contributed by atoms with van der Waals surface area (Å²) in [5.41, 5.74) is 0.533. The first-order chi connectivity index (χ1) is 14.1. The number of rotatable bonds is 12. The summed E-state index contributed by atoms with van der Waals surface area (Å²) in [6, 6.07) is 6.70. The second kappa shape index (κ2) is 13.6. The SMILES string of the molecule is CCCCCCCCCOC(=O)c1ccccc1C(=O)OCC1CCCCC1Cl. The summed E-state index contributed by atoms with van der Waals surface area (Å²) < 4.78 is 10.9. The molecule has 0 saturated heterocycles. The number of halogens is 1. The van der Waals surface area contributed by atoms with Crippen LogP contribution in [-0.2, 0) is 9.47 Å². The molecule has 2 unspecified atom stereocenters. The van der Waals surface area contributed by atoms with E-state index in [1.54, 1.807) is 24.3 Å². The average Bonchev–Trinajstić information content (AvgIpc) is 2.74. The topological polar surface area (TPSA) is 52.6 Å². The van der Waals surface area contributed by atoms with E-state index < -0.39 is 11.9 Å². The molecule has 4 nitrogen and oxygen atoms in total. The summed E-state index contributed by atoms with van der Waals surface area (Å²) in [7, 11) is 0. The first kappa shape index (κ1) is 23.7. The van der Waals surface area contributed by atoms with E-state index in [0.717, 1.165) is 38.5 Å². The van der Waals surface area contributed by atoms with Crippen molar-refractivity contribution in [2.75, 3.05) is 13.2 Å². The summed E-state index contributed by atoms with van der Waals surface area (Å²) in [4.78, 5) is 25.0. The van der Waals surface area contributed by atoms with Crippen molar-refractivity contribution in [3.8, 4) is 0 Å². The highest BCUT2D eigenvalue weighted by Crippen LogP contribution is 2.29. The lowest BCUT2D eigenvalue weighted by molar-refractivity contribution is 0.0393. The Bertz CT molecular complexity index is 631. The fourth-order valence-corrected chi connectivity index (χ4v) is 4.10. The molecule has 1 aromatic rings. The van der Waals surface area contributed by atoms with Crippen LogP contribution in [0.2, 0.25) is 0 Å². The number of hydrogen-bond donors (Lipinski definition) is 0. The number of esters is 2. The number of unbranched alkanes of at least 4 members (excludes halogenated alkanes) is 6. The van der Waals surface area contributed by atoms with Crippen LogP contribution in [0.25, 0.3) is 0 Å². The number of carbonyl (C=O) groups is 2. The fourth-order valence-electron chi connectivity index (χ4n) is 3.75. The Balaban J connectivity index is 1.77. The summed E-state index contributed by atoms with van der Waals surface area (Å²) >= 11 is 6.35. The van der Waals surface area contributed by atoms with Crippen LogP contribution in [0.15, 0.2) is 24.3 Å². The first-order valence-corrected chi connectivity index (χ1v) is 11.6. The Morgan fingerprint density at radius 3 is 2.14 bits per heavy atom. The molecule has 162 valence electrons. The molecule has 0 bridgehead atoms. The lowest BCUT2D eigenvalue weighted by atomic mass is 9.89. The third-order valence-corrected chi connectivity index (χ3v) is 6.17. The number of benzene rings is 1. The summed E-state index contributed by atoms with van der Waals surface area (Å²) in [6.45, 7) is 2.89. The van der Waals surface area contributed by atoms with E-state index in [0.29, 0.717) is 13.2 Å². The van der Waals surface area contributed by atoms with Crippen LogP contribution in [0.3, 0.4) is 0 Å². The van der Waals surface area contributed by atoms with Crippen molar-refractivity contribution >= 4 is 23.5 Å². The van der Waals surface area contributed by atoms with E-state index in [1.165, 1.54) is 32.1 Å². The van der Waals surface area contributed by atoms with Gasteiger partial charge in [0, 0.05) is 11.3 Å². The van der Waals surface area contributed by atoms with E-state index in [1.807, 2.05) is 0 Å². The van der Waals surface area contributed by atoms with Crippen molar-refractivity contribution in [1.82, 2.24) is 0 Å². The second-order valence-corrected chi connectivity index (χ2v) is 8.52. The van der Waals surface area contributed by atoms with Gasteiger partial charge in [0.1, 0.15) is 0 Å². The Kier molecular flexibility index (Phi) is 11.2. The quantitative estimate of drug-likeness (QED) is 0.218. The summed E-state index contributed by atoms with van der Waals surface area (Å²) in [6.07, 6.45) is 12.3. The molecule has 5 heteroatoms. The molecule has 1 aliphatic carbocycles. The summed E-state index contributed by atoms with van der Waals surface area (Å²) in [5, 5.41) is 0.0544. The Hall–Kier alpha value is -1.55. The predicted molar refractivity (Wildman–Crippen MR) is 117 cm³/mol. The number of alkyl halides is 1. The molecule has 0 N–H and O–H groups in total. The van der Waals surface area contributed by atoms with Crippen LogP contribution in [0.4, 0.5) is 0 Å². The van der Waals surface area contributed by atoms with Crippen LogP contribution in [-0.4, -0.2) is 30.5 Å². The Morgan fingerprint density at radius 1 is 0.897 bits per heavy atom. The van der Waals surface area contributed by atoms with Crippen LogP contribution in [0, 0.1) is 5.92 Å². The smallest absolute Gasteiger partial charge is 0.339 e. The molecule has 0 amide bonds. The van der Waals surface area contributed by atoms with Gasteiger partial charge in [0.2, 0.25) is 0 Å². The maximum atomic E-state index is 12.5. The summed E-state index contributed by atoms with van der Waals surface area (Å²) in [5.74, 6) is -0.759. The highest BCUT2D eigenvalue weighted by Gasteiger charge is 2.26. The first-order valence-electron chi connectivity index (χ1n) is 11.2. The van der Waals surface area contributed by atoms with Crippen LogP contribution in [0.1, 0.15) is 98.3 Å². The van der Waals surface area contributed by atoms with Crippen molar-refractivity contribution in [3.63, 3.8) is 0 Å². The van der Waals surface area contributed by atoms with Gasteiger partial charge in [0.15, 0.2) is 0 Å². The van der Waals surface area contributed by atoms with Crippen LogP contribution >= 0.6 is 11.6 Å². The van der Waals surface area contributed by atoms with E-state index in [4.69, 9.17) is 21.1 Å². The standard InChI is InChI=1S/C24H35ClO4/c1-2-3-4-5-6-7-12-17-28-23(26)20-14-9-10-15-21(20)24(27)29-18-19-13-8-11-16-22(19)25/h9-10,14-15,19,22H,2-8,11-13,16-18H2,1H3. The van der Waals surface area contributed by atoms with Gasteiger partial charge in [0.05, 0.1) is 24.3 Å². The maximum absolute atomic E-state index is 12.5. The third-order valence-electron chi connectivity index (χ3n) is 5.59. The van der Waals surface area contributed by atoms with E-state index >= 15 is 0 Å². The van der Waals surface area contributed by atoms with E-state index in [2.05, 4.69) is 6.92 Å². The van der Waals surface area contributed by atoms with Gasteiger partial charge in [0.25, 0.3) is 0 Å². The molecule has 0 heterocycles. The zero-order valence-electron chi connectivity index (χ0n) is 17.7. The second-order valence-electron chi connectivity index (χ2n) is 7.96. The normalized spacial score (nSPS) is 19.0. The monoisotopic (exact) mass is 422 g/mol. The van der Waals surface area contributed by atoms with Gasteiger partial charge in [-0.3, -0.25) is 0 Å². The van der Waals surface area contributed by atoms with E-state index in [9.17, 15) is 9.59 Å². The van der Waals surface area contributed by atoms with Gasteiger partial charge in [-0.05, 0) is 31.4 Å². The zero-order chi connectivity index (χ0) is 20.9. The molecule has 1 saturated carbocycles. The lowest BCUT2D eigenvalue weighted by Crippen LogP contribution is -2.26. The minimum absolute atomic E-state index is 0.0544. The predicted octanol–water partition coefficient (Wildman–Crippen LogP) is 6.55. The molecule has 1 aromatic carbocycles. The Morgan fingerprint density at radius 2 is 1.48 bits per heavy atom. The van der Waals surface area contributed by atoms with Gasteiger partial charge in [-0.15, -0.1) is 11.6 Å². The van der Waals surface area contributed by atoms with Gasteiger partial charge < -0.3 is 9.47 Å². The van der Waals surface area contributed by atoms with E-state index in [-0.39, 0.29) is 22.4 Å². The minimum atomic E-state index is -0.483. The van der Waals surface area contributed by atoms with Gasteiger partial charge in [-0.1, -0.05) is 70.4 Å². The molecule has 0 aromatic heterocycles. The average molecular weight is 423 g/mol. The lowest BCUT2D eigenvalue weighted by Gasteiger charge is -2.26. The van der Waals surface area contributed by atoms with Gasteiger partial charge >= 0.3 is 11.9 Å². The maximum Gasteiger partial charge on any atom is 0.339 e. The zero-order valence-corrected chi connectivity index (χ0v) is 18.4. The largest absolute Gasteiger partial charge is 0.462 e. The Labute approximate surface area is 180 Å². The molecule has 2 rings (SSSR count). The number of carbonyl (C=O) groups excluding carboxylic acids is 2. The third kappa shape index (κ3) is 8.38. The highest BCUT2D eigenvalue weighted by molar-refractivity contribution is 6.20. The van der Waals surface area contributed by atoms with Crippen molar-refractivity contribution in [2.45, 2.75) is 82.9 Å². The number of ether oxygens (including phenoxy) is 2. The molecule has 0 radical (unpaired) electrons. The van der Waals surface area contributed by atoms with Crippen molar-refractivity contribution in [2.24, 2.45) is 5.92 Å². The van der Waals surface area contributed by atoms with Crippen molar-refractivity contribution in [1.29, 1.82) is 0 Å². The molecular formula is C24H35ClO4. The molecule has 2 atom stereocenters. The molecule has 29 heavy (non-hydrogen) atoms. The van der Waals surface area contributed by atoms with Crippen molar-refractivity contribution in [3.05, 3.63) is 35.4 Å². The molecular weight excluding hydrogens is 388 g/mol. The highest BCUT2D eigenvalue weighted by atomic mass is 35.5. The molecule has 1 fully saturated rings. The van der Waals surface area contributed by atoms with Gasteiger partial charge in [-0.2, -0.15) is 0 Å². The molecule has 0 aliphatic heterocycles. The molecule has 0 spiro atoms. The minimum Gasteiger partial charge on any atom is -0.462 e.